The minimum atomic E-state index is -3.59. The van der Waals surface area contributed by atoms with Crippen molar-refractivity contribution < 1.29 is 8.42 Å². The third-order valence-corrected chi connectivity index (χ3v) is 6.83. The maximum absolute atomic E-state index is 13.0. The summed E-state index contributed by atoms with van der Waals surface area (Å²) in [6, 6.07) is 13.6. The van der Waals surface area contributed by atoms with E-state index in [1.165, 1.54) is 16.4 Å². The van der Waals surface area contributed by atoms with Crippen LogP contribution in [0, 0.1) is 0 Å². The van der Waals surface area contributed by atoms with Crippen LogP contribution in [0.3, 0.4) is 0 Å². The zero-order chi connectivity index (χ0) is 18.3. The Morgan fingerprint density at radius 1 is 0.962 bits per heavy atom. The highest BCUT2D eigenvalue weighted by molar-refractivity contribution is 7.89. The van der Waals surface area contributed by atoms with E-state index in [2.05, 4.69) is 10.2 Å². The summed E-state index contributed by atoms with van der Waals surface area (Å²) >= 11 is 11.8. The molecule has 3 aromatic rings. The Balaban J connectivity index is 1.68. The summed E-state index contributed by atoms with van der Waals surface area (Å²) in [4.78, 5) is 0.238. The van der Waals surface area contributed by atoms with Crippen molar-refractivity contribution in [3.8, 4) is 11.3 Å². The number of sulfonamides is 1. The molecular weight excluding hydrogens is 393 g/mol. The average Bonchev–Trinajstić information content (AvgIpc) is 3.06. The van der Waals surface area contributed by atoms with E-state index in [9.17, 15) is 8.42 Å². The Hall–Kier alpha value is -1.86. The molecule has 0 saturated carbocycles. The maximum Gasteiger partial charge on any atom is 0.243 e. The molecule has 1 aliphatic rings. The molecule has 1 aliphatic heterocycles. The first kappa shape index (κ1) is 17.5. The van der Waals surface area contributed by atoms with Gasteiger partial charge in [0.15, 0.2) is 0 Å². The zero-order valence-corrected chi connectivity index (χ0v) is 15.9. The number of nitrogens with zero attached hydrogens (tertiary/aromatic N) is 2. The molecule has 26 heavy (non-hydrogen) atoms. The van der Waals surface area contributed by atoms with E-state index < -0.39 is 10.0 Å². The number of halogens is 2. The van der Waals surface area contributed by atoms with Gasteiger partial charge >= 0.3 is 0 Å². The molecule has 2 aromatic carbocycles. The van der Waals surface area contributed by atoms with Gasteiger partial charge in [-0.15, -0.1) is 0 Å². The number of nitrogens with one attached hydrogen (secondary N) is 1. The van der Waals surface area contributed by atoms with E-state index in [0.29, 0.717) is 23.0 Å². The standard InChI is InChI=1S/C18H15Cl2N3O2S/c19-13-3-1-12(2-4-13)18-16-11-23(10-9-17(16)21-22-18)26(24,25)15-7-5-14(20)6-8-15/h1-8H,9-11H2,(H,21,22). The van der Waals surface area contributed by atoms with Gasteiger partial charge in [0.05, 0.1) is 10.6 Å². The van der Waals surface area contributed by atoms with Crippen LogP contribution in [0.4, 0.5) is 0 Å². The van der Waals surface area contributed by atoms with Gasteiger partial charge < -0.3 is 0 Å². The molecule has 0 bridgehead atoms. The fourth-order valence-corrected chi connectivity index (χ4v) is 4.74. The predicted octanol–water partition coefficient (Wildman–Crippen LogP) is 4.13. The third kappa shape index (κ3) is 3.14. The molecule has 134 valence electrons. The fourth-order valence-electron chi connectivity index (χ4n) is 3.08. The number of aromatic amines is 1. The largest absolute Gasteiger partial charge is 0.282 e. The van der Waals surface area contributed by atoms with Gasteiger partial charge in [-0.3, -0.25) is 5.10 Å². The van der Waals surface area contributed by atoms with Crippen molar-refractivity contribution in [3.63, 3.8) is 0 Å². The highest BCUT2D eigenvalue weighted by atomic mass is 35.5. The number of fused-ring (bicyclic) bond motifs is 1. The second kappa shape index (κ2) is 6.70. The summed E-state index contributed by atoms with van der Waals surface area (Å²) < 4.78 is 27.4. The molecule has 5 nitrogen and oxygen atoms in total. The zero-order valence-electron chi connectivity index (χ0n) is 13.6. The van der Waals surface area contributed by atoms with Crippen molar-refractivity contribution in [1.82, 2.24) is 14.5 Å². The second-order valence-electron chi connectivity index (χ2n) is 6.08. The summed E-state index contributed by atoms with van der Waals surface area (Å²) in [7, 11) is -3.59. The quantitative estimate of drug-likeness (QED) is 0.709. The Morgan fingerprint density at radius 3 is 2.23 bits per heavy atom. The summed E-state index contributed by atoms with van der Waals surface area (Å²) in [6.07, 6.45) is 0.586. The lowest BCUT2D eigenvalue weighted by atomic mass is 10.0. The van der Waals surface area contributed by atoms with Crippen LogP contribution >= 0.6 is 23.2 Å². The van der Waals surface area contributed by atoms with Gasteiger partial charge in [-0.1, -0.05) is 35.3 Å². The fraction of sp³-hybridized carbons (Fsp3) is 0.167. The van der Waals surface area contributed by atoms with E-state index in [1.54, 1.807) is 24.3 Å². The van der Waals surface area contributed by atoms with E-state index in [4.69, 9.17) is 23.2 Å². The first-order valence-corrected chi connectivity index (χ1v) is 10.2. The van der Waals surface area contributed by atoms with Crippen LogP contribution in [-0.2, 0) is 23.0 Å². The Morgan fingerprint density at radius 2 is 1.58 bits per heavy atom. The molecule has 1 N–H and O–H groups in total. The Kier molecular flexibility index (Phi) is 4.52. The molecule has 0 radical (unpaired) electrons. The summed E-state index contributed by atoms with van der Waals surface area (Å²) in [6.45, 7) is 0.676. The van der Waals surface area contributed by atoms with E-state index in [-0.39, 0.29) is 11.4 Å². The number of hydrogen-bond acceptors (Lipinski definition) is 3. The van der Waals surface area contributed by atoms with E-state index in [1.807, 2.05) is 12.1 Å². The first-order valence-electron chi connectivity index (χ1n) is 8.03. The molecule has 0 spiro atoms. The van der Waals surface area contributed by atoms with Crippen LogP contribution in [0.1, 0.15) is 11.3 Å². The first-order chi connectivity index (χ1) is 12.4. The smallest absolute Gasteiger partial charge is 0.243 e. The number of hydrogen-bond donors (Lipinski definition) is 1. The van der Waals surface area contributed by atoms with Gasteiger partial charge in [-0.2, -0.15) is 9.40 Å². The molecule has 0 fully saturated rings. The second-order valence-corrected chi connectivity index (χ2v) is 8.89. The molecule has 0 amide bonds. The summed E-state index contributed by atoms with van der Waals surface area (Å²) in [5, 5.41) is 8.58. The molecule has 2 heterocycles. The number of aromatic nitrogens is 2. The molecule has 1 aromatic heterocycles. The lowest BCUT2D eigenvalue weighted by molar-refractivity contribution is 0.390. The Bertz CT molecular complexity index is 1050. The van der Waals surface area contributed by atoms with Gasteiger partial charge in [0.2, 0.25) is 10.0 Å². The van der Waals surface area contributed by atoms with E-state index >= 15 is 0 Å². The monoisotopic (exact) mass is 407 g/mol. The predicted molar refractivity (Wildman–Crippen MR) is 102 cm³/mol. The normalized spacial score (nSPS) is 15.0. The van der Waals surface area contributed by atoms with Crippen molar-refractivity contribution in [2.45, 2.75) is 17.9 Å². The summed E-state index contributed by atoms with van der Waals surface area (Å²) in [5.74, 6) is 0. The van der Waals surface area contributed by atoms with Crippen LogP contribution in [0.25, 0.3) is 11.3 Å². The van der Waals surface area contributed by atoms with Gasteiger partial charge in [0.1, 0.15) is 0 Å². The van der Waals surface area contributed by atoms with E-state index in [0.717, 1.165) is 22.5 Å². The highest BCUT2D eigenvalue weighted by Crippen LogP contribution is 2.31. The SMILES string of the molecule is O=S(=O)(c1ccc(Cl)cc1)N1CCc2[nH]nc(-c3ccc(Cl)cc3)c2C1. The van der Waals surface area contributed by atoms with Crippen molar-refractivity contribution >= 4 is 33.2 Å². The minimum absolute atomic E-state index is 0.238. The van der Waals surface area contributed by atoms with Crippen LogP contribution < -0.4 is 0 Å². The van der Waals surface area contributed by atoms with Gasteiger partial charge in [0.25, 0.3) is 0 Å². The van der Waals surface area contributed by atoms with Gasteiger partial charge in [-0.05, 0) is 36.4 Å². The van der Waals surface area contributed by atoms with Gasteiger partial charge in [-0.25, -0.2) is 8.42 Å². The molecular formula is C18H15Cl2N3O2S. The van der Waals surface area contributed by atoms with Crippen LogP contribution in [0.2, 0.25) is 10.0 Å². The number of H-pyrrole nitrogens is 1. The number of rotatable bonds is 3. The van der Waals surface area contributed by atoms with Crippen molar-refractivity contribution in [3.05, 3.63) is 69.8 Å². The molecule has 8 heteroatoms. The number of benzene rings is 2. The minimum Gasteiger partial charge on any atom is -0.282 e. The van der Waals surface area contributed by atoms with Crippen molar-refractivity contribution in [2.24, 2.45) is 0 Å². The van der Waals surface area contributed by atoms with Crippen molar-refractivity contribution in [1.29, 1.82) is 0 Å². The molecule has 0 aliphatic carbocycles. The molecule has 4 rings (SSSR count). The Labute approximate surface area is 161 Å². The average molecular weight is 408 g/mol. The lowest BCUT2D eigenvalue weighted by Crippen LogP contribution is -2.35. The lowest BCUT2D eigenvalue weighted by Gasteiger charge is -2.26. The molecule has 0 atom stereocenters. The van der Waals surface area contributed by atoms with Crippen LogP contribution in [-0.4, -0.2) is 29.5 Å². The maximum atomic E-state index is 13.0. The topological polar surface area (TPSA) is 66.1 Å². The van der Waals surface area contributed by atoms with Crippen LogP contribution in [0.15, 0.2) is 53.4 Å². The summed E-state index contributed by atoms with van der Waals surface area (Å²) in [5.41, 5.74) is 3.53. The molecule has 0 saturated heterocycles. The third-order valence-electron chi connectivity index (χ3n) is 4.47. The molecule has 0 unspecified atom stereocenters. The highest BCUT2D eigenvalue weighted by Gasteiger charge is 2.31. The van der Waals surface area contributed by atoms with Gasteiger partial charge in [0, 0.05) is 46.4 Å². The van der Waals surface area contributed by atoms with Crippen LogP contribution in [0.5, 0.6) is 0 Å². The van der Waals surface area contributed by atoms with Crippen molar-refractivity contribution in [2.75, 3.05) is 6.54 Å².